The number of phenolic OH excluding ortho intramolecular Hbond substituents is 1. The van der Waals surface area contributed by atoms with E-state index in [1.165, 1.54) is 0 Å². The van der Waals surface area contributed by atoms with Gasteiger partial charge in [0.15, 0.2) is 0 Å². The lowest BCUT2D eigenvalue weighted by atomic mass is 10.1. The molecular weight excluding hydrogens is 304 g/mol. The molecule has 1 aliphatic rings. The van der Waals surface area contributed by atoms with Crippen LogP contribution in [0.2, 0.25) is 0 Å². The van der Waals surface area contributed by atoms with E-state index in [4.69, 9.17) is 5.73 Å². The van der Waals surface area contributed by atoms with Crippen LogP contribution in [0.5, 0.6) is 5.75 Å². The summed E-state index contributed by atoms with van der Waals surface area (Å²) in [6.07, 6.45) is 2.47. The number of hydrogen-bond acceptors (Lipinski definition) is 4. The van der Waals surface area contributed by atoms with Gasteiger partial charge in [-0.25, -0.2) is 4.98 Å². The molecule has 0 atom stereocenters. The summed E-state index contributed by atoms with van der Waals surface area (Å²) in [5.74, 6) is 0.353. The van der Waals surface area contributed by atoms with Crippen LogP contribution in [-0.2, 0) is 6.42 Å². The van der Waals surface area contributed by atoms with Gasteiger partial charge in [0.1, 0.15) is 17.2 Å². The van der Waals surface area contributed by atoms with Gasteiger partial charge in [-0.1, -0.05) is 6.07 Å². The van der Waals surface area contributed by atoms with Crippen LogP contribution in [0.3, 0.4) is 0 Å². The summed E-state index contributed by atoms with van der Waals surface area (Å²) in [5.41, 5.74) is 11.0. The molecule has 0 aliphatic carbocycles. The third-order valence-electron chi connectivity index (χ3n) is 4.71. The SMILES string of the molecule is Cc1ccc(O)c(C)c1-n1c(N)c2c3c(ccnc31)CCNC2=O. The molecule has 24 heavy (non-hydrogen) atoms. The number of pyridine rings is 1. The van der Waals surface area contributed by atoms with Crippen LogP contribution in [0.15, 0.2) is 24.4 Å². The Morgan fingerprint density at radius 1 is 1.29 bits per heavy atom. The fourth-order valence-electron chi connectivity index (χ4n) is 3.52. The molecule has 3 heterocycles. The van der Waals surface area contributed by atoms with E-state index in [1.807, 2.05) is 26.0 Å². The first kappa shape index (κ1) is 14.6. The predicted octanol–water partition coefficient (Wildman–Crippen LogP) is 2.22. The average molecular weight is 322 g/mol. The lowest BCUT2D eigenvalue weighted by Crippen LogP contribution is -2.24. The van der Waals surface area contributed by atoms with Crippen LogP contribution < -0.4 is 11.1 Å². The zero-order valence-electron chi connectivity index (χ0n) is 13.6. The number of phenols is 1. The highest BCUT2D eigenvalue weighted by Crippen LogP contribution is 2.37. The first-order chi connectivity index (χ1) is 11.5. The molecule has 0 fully saturated rings. The molecule has 1 aliphatic heterocycles. The number of nitrogens with zero attached hydrogens (tertiary/aromatic N) is 2. The Bertz CT molecular complexity index is 1000. The van der Waals surface area contributed by atoms with Crippen LogP contribution >= 0.6 is 0 Å². The van der Waals surface area contributed by atoms with Gasteiger partial charge in [-0.05, 0) is 43.5 Å². The number of benzene rings is 1. The van der Waals surface area contributed by atoms with Crippen LogP contribution in [0.4, 0.5) is 5.82 Å². The van der Waals surface area contributed by atoms with Crippen LogP contribution in [0.25, 0.3) is 16.7 Å². The second-order valence-electron chi connectivity index (χ2n) is 6.15. The molecule has 2 aromatic heterocycles. The maximum atomic E-state index is 12.5. The summed E-state index contributed by atoms with van der Waals surface area (Å²) in [6, 6.07) is 5.42. The van der Waals surface area contributed by atoms with Crippen LogP contribution in [-0.4, -0.2) is 27.1 Å². The van der Waals surface area contributed by atoms with Crippen molar-refractivity contribution in [1.82, 2.24) is 14.9 Å². The second kappa shape index (κ2) is 4.99. The Morgan fingerprint density at radius 3 is 2.88 bits per heavy atom. The number of nitrogens with one attached hydrogen (secondary N) is 1. The molecule has 0 spiro atoms. The maximum Gasteiger partial charge on any atom is 0.255 e. The van der Waals surface area contributed by atoms with E-state index in [0.29, 0.717) is 29.1 Å². The largest absolute Gasteiger partial charge is 0.508 e. The number of nitrogens with two attached hydrogens (primary N) is 1. The molecule has 0 saturated heterocycles. The summed E-state index contributed by atoms with van der Waals surface area (Å²) in [5, 5.41) is 13.8. The molecule has 0 bridgehead atoms. The number of anilines is 1. The third-order valence-corrected chi connectivity index (χ3v) is 4.71. The minimum absolute atomic E-state index is 0.182. The summed E-state index contributed by atoms with van der Waals surface area (Å²) in [6.45, 7) is 4.36. The summed E-state index contributed by atoms with van der Waals surface area (Å²) in [4.78, 5) is 17.0. The van der Waals surface area contributed by atoms with Crippen molar-refractivity contribution in [1.29, 1.82) is 0 Å². The van der Waals surface area contributed by atoms with Gasteiger partial charge in [-0.3, -0.25) is 9.36 Å². The second-order valence-corrected chi connectivity index (χ2v) is 6.15. The smallest absolute Gasteiger partial charge is 0.255 e. The minimum atomic E-state index is -0.182. The molecule has 122 valence electrons. The lowest BCUT2D eigenvalue weighted by molar-refractivity contribution is 0.0958. The van der Waals surface area contributed by atoms with Crippen LogP contribution in [0.1, 0.15) is 27.0 Å². The van der Waals surface area contributed by atoms with E-state index in [9.17, 15) is 9.90 Å². The highest BCUT2D eigenvalue weighted by molar-refractivity contribution is 6.13. The number of rotatable bonds is 1. The van der Waals surface area contributed by atoms with Gasteiger partial charge in [-0.2, -0.15) is 0 Å². The summed E-state index contributed by atoms with van der Waals surface area (Å²) < 4.78 is 1.78. The van der Waals surface area contributed by atoms with E-state index >= 15 is 0 Å². The third kappa shape index (κ3) is 1.83. The van der Waals surface area contributed by atoms with E-state index in [0.717, 1.165) is 28.6 Å². The quantitative estimate of drug-likeness (QED) is 0.640. The molecule has 1 amide bonds. The number of nitrogen functional groups attached to an aromatic ring is 1. The van der Waals surface area contributed by atoms with Crippen molar-refractivity contribution in [2.75, 3.05) is 12.3 Å². The molecule has 4 N–H and O–H groups in total. The number of hydrogen-bond donors (Lipinski definition) is 3. The first-order valence-corrected chi connectivity index (χ1v) is 7.86. The van der Waals surface area contributed by atoms with Gasteiger partial charge in [0, 0.05) is 23.7 Å². The van der Waals surface area contributed by atoms with Gasteiger partial charge in [0.25, 0.3) is 5.91 Å². The molecule has 1 aromatic carbocycles. The van der Waals surface area contributed by atoms with Gasteiger partial charge in [0.05, 0.1) is 11.3 Å². The van der Waals surface area contributed by atoms with Crippen LogP contribution in [0, 0.1) is 13.8 Å². The van der Waals surface area contributed by atoms with Crippen molar-refractivity contribution in [3.63, 3.8) is 0 Å². The summed E-state index contributed by atoms with van der Waals surface area (Å²) in [7, 11) is 0. The van der Waals surface area contributed by atoms with Crippen molar-refractivity contribution in [2.45, 2.75) is 20.3 Å². The monoisotopic (exact) mass is 322 g/mol. The number of carbonyl (C=O) groups is 1. The van der Waals surface area contributed by atoms with Crippen molar-refractivity contribution >= 4 is 22.8 Å². The Labute approximate surface area is 138 Å². The highest BCUT2D eigenvalue weighted by Gasteiger charge is 2.27. The fourth-order valence-corrected chi connectivity index (χ4v) is 3.52. The van der Waals surface area contributed by atoms with E-state index in [1.54, 1.807) is 16.8 Å². The Kier molecular flexibility index (Phi) is 3.03. The zero-order chi connectivity index (χ0) is 17.0. The van der Waals surface area contributed by atoms with Crippen molar-refractivity contribution in [2.24, 2.45) is 0 Å². The molecule has 3 aromatic rings. The molecule has 0 unspecified atom stereocenters. The number of carbonyl (C=O) groups excluding carboxylic acids is 1. The number of aryl methyl sites for hydroxylation is 1. The van der Waals surface area contributed by atoms with Gasteiger partial charge < -0.3 is 16.2 Å². The maximum absolute atomic E-state index is 12.5. The van der Waals surface area contributed by atoms with Gasteiger partial charge in [-0.15, -0.1) is 0 Å². The van der Waals surface area contributed by atoms with Gasteiger partial charge >= 0.3 is 0 Å². The standard InChI is InChI=1S/C18H18N4O2/c1-9-3-4-12(23)10(2)15(9)22-16(19)14-13-11(5-7-20-17(13)22)6-8-21-18(14)24/h3-5,7,23H,6,8,19H2,1-2H3,(H,21,24). The normalized spacial score (nSPS) is 13.8. The fraction of sp³-hybridized carbons (Fsp3) is 0.222. The number of aromatic nitrogens is 2. The average Bonchev–Trinajstić information content (AvgIpc) is 2.73. The van der Waals surface area contributed by atoms with Crippen molar-refractivity contribution in [3.05, 3.63) is 46.6 Å². The number of aromatic hydroxyl groups is 1. The molecule has 6 nitrogen and oxygen atoms in total. The molecule has 0 radical (unpaired) electrons. The van der Waals surface area contributed by atoms with E-state index < -0.39 is 0 Å². The van der Waals surface area contributed by atoms with Crippen molar-refractivity contribution in [3.8, 4) is 11.4 Å². The van der Waals surface area contributed by atoms with Crippen molar-refractivity contribution < 1.29 is 9.90 Å². The zero-order valence-corrected chi connectivity index (χ0v) is 13.6. The van der Waals surface area contributed by atoms with Gasteiger partial charge in [0.2, 0.25) is 0 Å². The molecule has 6 heteroatoms. The molecule has 0 saturated carbocycles. The highest BCUT2D eigenvalue weighted by atomic mass is 16.3. The Hall–Kier alpha value is -3.02. The first-order valence-electron chi connectivity index (χ1n) is 7.86. The predicted molar refractivity (Wildman–Crippen MR) is 92.7 cm³/mol. The van der Waals surface area contributed by atoms with E-state index in [2.05, 4.69) is 10.3 Å². The minimum Gasteiger partial charge on any atom is -0.508 e. The topological polar surface area (TPSA) is 93.2 Å². The number of amides is 1. The molecular formula is C18H18N4O2. The lowest BCUT2D eigenvalue weighted by Gasteiger charge is -2.15. The Morgan fingerprint density at radius 2 is 2.08 bits per heavy atom. The van der Waals surface area contributed by atoms with E-state index in [-0.39, 0.29) is 11.7 Å². The Balaban J connectivity index is 2.19. The molecule has 4 rings (SSSR count). The summed E-state index contributed by atoms with van der Waals surface area (Å²) >= 11 is 0.